The van der Waals surface area contributed by atoms with E-state index in [9.17, 15) is 18.0 Å². The summed E-state index contributed by atoms with van der Waals surface area (Å²) in [7, 11) is 2.01. The van der Waals surface area contributed by atoms with E-state index in [0.29, 0.717) is 11.3 Å². The minimum absolute atomic E-state index is 0.253. The third kappa shape index (κ3) is 3.31. The van der Waals surface area contributed by atoms with Gasteiger partial charge in [-0.15, -0.1) is 0 Å². The maximum absolute atomic E-state index is 12.7. The molecule has 158 valence electrons. The van der Waals surface area contributed by atoms with Crippen molar-refractivity contribution < 1.29 is 13.2 Å². The summed E-state index contributed by atoms with van der Waals surface area (Å²) in [5.41, 5.74) is 3.59. The van der Waals surface area contributed by atoms with E-state index in [2.05, 4.69) is 20.0 Å². The van der Waals surface area contributed by atoms with Crippen molar-refractivity contribution in [2.45, 2.75) is 19.1 Å². The first-order valence-corrected chi connectivity index (χ1v) is 9.77. The molecule has 0 unspecified atom stereocenters. The molecule has 0 fully saturated rings. The van der Waals surface area contributed by atoms with Crippen LogP contribution < -0.4 is 10.9 Å². The fraction of sp³-hybridized carbons (Fsp3) is 0.227. The van der Waals surface area contributed by atoms with Gasteiger partial charge in [0, 0.05) is 42.5 Å². The van der Waals surface area contributed by atoms with E-state index in [1.54, 1.807) is 0 Å². The Kier molecular flexibility index (Phi) is 4.44. The zero-order chi connectivity index (χ0) is 21.8. The second-order valence-electron chi connectivity index (χ2n) is 7.54. The van der Waals surface area contributed by atoms with Gasteiger partial charge in [-0.3, -0.25) is 9.78 Å². The number of alkyl halides is 3. The molecular formula is C22H18F3N5O. The van der Waals surface area contributed by atoms with E-state index in [4.69, 9.17) is 0 Å². The summed E-state index contributed by atoms with van der Waals surface area (Å²) in [6.07, 6.45) is -1.32. The van der Waals surface area contributed by atoms with Crippen LogP contribution in [0.3, 0.4) is 0 Å². The van der Waals surface area contributed by atoms with Crippen LogP contribution in [0.2, 0.25) is 0 Å². The molecule has 1 aromatic carbocycles. The highest BCUT2D eigenvalue weighted by atomic mass is 19.4. The lowest BCUT2D eigenvalue weighted by molar-refractivity contribution is -0.137. The molecule has 1 aliphatic heterocycles. The van der Waals surface area contributed by atoms with Gasteiger partial charge < -0.3 is 9.88 Å². The van der Waals surface area contributed by atoms with E-state index in [1.165, 1.54) is 39.7 Å². The average Bonchev–Trinajstić information content (AvgIpc) is 3.05. The van der Waals surface area contributed by atoms with Gasteiger partial charge in [0.1, 0.15) is 0 Å². The fourth-order valence-corrected chi connectivity index (χ4v) is 4.09. The quantitative estimate of drug-likeness (QED) is 0.534. The maximum atomic E-state index is 12.7. The van der Waals surface area contributed by atoms with Crippen molar-refractivity contribution in [3.8, 4) is 16.9 Å². The van der Waals surface area contributed by atoms with Crippen molar-refractivity contribution in [3.05, 3.63) is 76.0 Å². The van der Waals surface area contributed by atoms with Crippen molar-refractivity contribution in [2.24, 2.45) is 7.05 Å². The Morgan fingerprint density at radius 1 is 1.10 bits per heavy atom. The van der Waals surface area contributed by atoms with Crippen molar-refractivity contribution in [1.82, 2.24) is 24.6 Å². The molecule has 0 aliphatic carbocycles. The van der Waals surface area contributed by atoms with Crippen LogP contribution in [0.1, 0.15) is 16.8 Å². The molecule has 0 bridgehead atoms. The smallest absolute Gasteiger partial charge is 0.346 e. The highest BCUT2D eigenvalue weighted by Crippen LogP contribution is 2.30. The van der Waals surface area contributed by atoms with Gasteiger partial charge in [0.25, 0.3) is 5.56 Å². The standard InChI is InChI=1S/C22H18F3N5O/c1-29-19-9-15(3-4-16(19)17-6-7-26-12-20(17)29)30-21(31)8-13(10-28-30)18-5-2-14(11-27-18)22(23,24)25/h2-5,8-11,26H,6-7,12H2,1H3. The summed E-state index contributed by atoms with van der Waals surface area (Å²) < 4.78 is 41.6. The molecule has 0 amide bonds. The molecule has 1 N–H and O–H groups in total. The molecule has 5 rings (SSSR count). The van der Waals surface area contributed by atoms with E-state index in [0.717, 1.165) is 37.3 Å². The number of halogens is 3. The number of hydrogen-bond acceptors (Lipinski definition) is 4. The van der Waals surface area contributed by atoms with Crippen LogP contribution >= 0.6 is 0 Å². The molecule has 31 heavy (non-hydrogen) atoms. The molecule has 1 aliphatic rings. The molecule has 0 saturated heterocycles. The normalized spacial score (nSPS) is 14.1. The minimum Gasteiger partial charge on any atom is -0.346 e. The highest BCUT2D eigenvalue weighted by Gasteiger charge is 2.30. The monoisotopic (exact) mass is 425 g/mol. The Morgan fingerprint density at radius 2 is 1.94 bits per heavy atom. The van der Waals surface area contributed by atoms with Gasteiger partial charge >= 0.3 is 6.18 Å². The molecule has 4 aromatic rings. The third-order valence-electron chi connectivity index (χ3n) is 5.70. The topological polar surface area (TPSA) is 64.7 Å². The molecule has 3 aromatic heterocycles. The maximum Gasteiger partial charge on any atom is 0.417 e. The average molecular weight is 425 g/mol. The van der Waals surface area contributed by atoms with Gasteiger partial charge in [0.15, 0.2) is 0 Å². The van der Waals surface area contributed by atoms with E-state index in [1.807, 2.05) is 25.2 Å². The van der Waals surface area contributed by atoms with E-state index in [-0.39, 0.29) is 11.3 Å². The van der Waals surface area contributed by atoms with Crippen molar-refractivity contribution in [3.63, 3.8) is 0 Å². The number of nitrogens with one attached hydrogen (secondary N) is 1. The van der Waals surface area contributed by atoms with Crippen LogP contribution in [-0.4, -0.2) is 25.9 Å². The van der Waals surface area contributed by atoms with Crippen molar-refractivity contribution >= 4 is 10.9 Å². The first-order valence-electron chi connectivity index (χ1n) is 9.77. The molecule has 9 heteroatoms. The summed E-state index contributed by atoms with van der Waals surface area (Å²) in [5, 5.41) is 8.78. The largest absolute Gasteiger partial charge is 0.417 e. The summed E-state index contributed by atoms with van der Waals surface area (Å²) in [6, 6.07) is 9.29. The first kappa shape index (κ1) is 19.5. The molecule has 4 heterocycles. The van der Waals surface area contributed by atoms with Gasteiger partial charge in [-0.1, -0.05) is 6.07 Å². The number of hydrogen-bond donors (Lipinski definition) is 1. The van der Waals surface area contributed by atoms with E-state index < -0.39 is 11.7 Å². The number of nitrogens with zero attached hydrogens (tertiary/aromatic N) is 4. The van der Waals surface area contributed by atoms with Gasteiger partial charge in [0.05, 0.1) is 28.7 Å². The Labute approximate surface area is 175 Å². The highest BCUT2D eigenvalue weighted by molar-refractivity contribution is 5.87. The molecular weight excluding hydrogens is 407 g/mol. The second-order valence-corrected chi connectivity index (χ2v) is 7.54. The SMILES string of the molecule is Cn1c2c(c3ccc(-n4ncc(-c5ccc(C(F)(F)F)cn5)cc4=O)cc31)CCNC2. The third-order valence-corrected chi connectivity index (χ3v) is 5.70. The molecule has 0 atom stereocenters. The number of fused-ring (bicyclic) bond motifs is 3. The lowest BCUT2D eigenvalue weighted by atomic mass is 10.0. The van der Waals surface area contributed by atoms with E-state index >= 15 is 0 Å². The van der Waals surface area contributed by atoms with Crippen LogP contribution in [0.5, 0.6) is 0 Å². The zero-order valence-electron chi connectivity index (χ0n) is 16.6. The number of rotatable bonds is 2. The predicted molar refractivity (Wildman–Crippen MR) is 110 cm³/mol. The number of pyridine rings is 1. The van der Waals surface area contributed by atoms with Gasteiger partial charge in [-0.2, -0.15) is 23.0 Å². The molecule has 0 spiro atoms. The number of aryl methyl sites for hydroxylation is 1. The van der Waals surface area contributed by atoms with Crippen LogP contribution in [0.4, 0.5) is 13.2 Å². The fourth-order valence-electron chi connectivity index (χ4n) is 4.09. The van der Waals surface area contributed by atoms with Crippen LogP contribution in [-0.2, 0) is 26.2 Å². The van der Waals surface area contributed by atoms with Crippen LogP contribution in [0.25, 0.3) is 27.8 Å². The Morgan fingerprint density at radius 3 is 2.65 bits per heavy atom. The van der Waals surface area contributed by atoms with Gasteiger partial charge in [0.2, 0.25) is 0 Å². The number of aromatic nitrogens is 4. The summed E-state index contributed by atoms with van der Waals surface area (Å²) >= 11 is 0. The second kappa shape index (κ2) is 7.05. The van der Waals surface area contributed by atoms with Crippen molar-refractivity contribution in [2.75, 3.05) is 6.54 Å². The summed E-state index contributed by atoms with van der Waals surface area (Å²) in [5.74, 6) is 0. The lowest BCUT2D eigenvalue weighted by Gasteiger charge is -2.14. The number of benzene rings is 1. The van der Waals surface area contributed by atoms with Gasteiger partial charge in [-0.25, -0.2) is 0 Å². The molecule has 0 radical (unpaired) electrons. The predicted octanol–water partition coefficient (Wildman–Crippen LogP) is 3.45. The Balaban J connectivity index is 1.52. The minimum atomic E-state index is -4.46. The zero-order valence-corrected chi connectivity index (χ0v) is 16.6. The van der Waals surface area contributed by atoms with Crippen LogP contribution in [0.15, 0.2) is 53.6 Å². The van der Waals surface area contributed by atoms with Gasteiger partial charge in [-0.05, 0) is 42.8 Å². The van der Waals surface area contributed by atoms with Crippen LogP contribution in [0, 0.1) is 0 Å². The summed E-state index contributed by atoms with van der Waals surface area (Å²) in [6.45, 7) is 1.75. The Hall–Kier alpha value is -3.46. The lowest BCUT2D eigenvalue weighted by Crippen LogP contribution is -2.24. The molecule has 0 saturated carbocycles. The molecule has 6 nitrogen and oxygen atoms in total. The first-order chi connectivity index (χ1) is 14.8. The van der Waals surface area contributed by atoms with Crippen molar-refractivity contribution in [1.29, 1.82) is 0 Å². The summed E-state index contributed by atoms with van der Waals surface area (Å²) in [4.78, 5) is 16.6. The Bertz CT molecular complexity index is 1350.